The maximum atomic E-state index is 12.3. The Hall–Kier alpha value is -0.810. The number of amides is 1. The number of carbonyl (C=O) groups excluding carboxylic acids is 1. The Labute approximate surface area is 155 Å². The lowest BCUT2D eigenvalue weighted by molar-refractivity contribution is -0.123. The molecule has 0 bridgehead atoms. The molecule has 1 amide bonds. The molecule has 0 spiro atoms. The first-order valence-electron chi connectivity index (χ1n) is 8.35. The fourth-order valence-corrected chi connectivity index (χ4v) is 3.22. The highest BCUT2D eigenvalue weighted by Gasteiger charge is 2.35. The molecule has 136 valence electrons. The van der Waals surface area contributed by atoms with E-state index in [1.54, 1.807) is 0 Å². The number of nitrogens with two attached hydrogens (primary N) is 1. The van der Waals surface area contributed by atoms with Crippen molar-refractivity contribution < 1.29 is 9.53 Å². The molecule has 1 saturated heterocycles. The fraction of sp³-hybridized carbons (Fsp3) is 0.611. The highest BCUT2D eigenvalue weighted by Crippen LogP contribution is 2.35. The van der Waals surface area contributed by atoms with E-state index in [1.807, 2.05) is 32.0 Å². The van der Waals surface area contributed by atoms with E-state index < -0.39 is 6.04 Å². The second-order valence-corrected chi connectivity index (χ2v) is 6.97. The van der Waals surface area contributed by atoms with Gasteiger partial charge in [-0.2, -0.15) is 0 Å². The van der Waals surface area contributed by atoms with Gasteiger partial charge >= 0.3 is 0 Å². The fourth-order valence-electron chi connectivity index (χ4n) is 3.03. The van der Waals surface area contributed by atoms with E-state index in [-0.39, 0.29) is 29.6 Å². The number of benzene rings is 1. The summed E-state index contributed by atoms with van der Waals surface area (Å²) in [5.41, 5.74) is 7.06. The van der Waals surface area contributed by atoms with Gasteiger partial charge in [-0.25, -0.2) is 0 Å². The normalized spacial score (nSPS) is 19.0. The molecule has 1 aliphatic rings. The van der Waals surface area contributed by atoms with E-state index in [4.69, 9.17) is 22.1 Å². The van der Waals surface area contributed by atoms with E-state index in [9.17, 15) is 4.79 Å². The molecule has 1 fully saturated rings. The summed E-state index contributed by atoms with van der Waals surface area (Å²) in [4.78, 5) is 12.3. The van der Waals surface area contributed by atoms with E-state index in [0.29, 0.717) is 19.8 Å². The zero-order chi connectivity index (χ0) is 16.9. The maximum Gasteiger partial charge on any atom is 0.237 e. The van der Waals surface area contributed by atoms with Gasteiger partial charge in [0.05, 0.1) is 6.04 Å². The molecule has 2 atom stereocenters. The summed E-state index contributed by atoms with van der Waals surface area (Å²) in [5.74, 6) is 0.0963. The van der Waals surface area contributed by atoms with Crippen LogP contribution in [0, 0.1) is 5.92 Å². The number of ether oxygens (including phenoxy) is 1. The number of carbonyl (C=O) groups is 1. The number of rotatable bonds is 6. The van der Waals surface area contributed by atoms with Crippen molar-refractivity contribution >= 4 is 29.9 Å². The molecule has 4 nitrogen and oxygen atoms in total. The lowest BCUT2D eigenvalue weighted by Gasteiger charge is -2.38. The Morgan fingerprint density at radius 3 is 2.67 bits per heavy atom. The predicted molar refractivity (Wildman–Crippen MR) is 101 cm³/mol. The third kappa shape index (κ3) is 5.09. The molecular weight excluding hydrogens is 347 g/mol. The number of halogens is 2. The van der Waals surface area contributed by atoms with Gasteiger partial charge in [-0.3, -0.25) is 4.79 Å². The molecule has 1 aromatic carbocycles. The van der Waals surface area contributed by atoms with Crippen molar-refractivity contribution in [3.63, 3.8) is 0 Å². The second kappa shape index (κ2) is 9.62. The van der Waals surface area contributed by atoms with Crippen LogP contribution in [0.2, 0.25) is 5.02 Å². The molecule has 24 heavy (non-hydrogen) atoms. The molecule has 1 aliphatic heterocycles. The molecule has 2 rings (SSSR count). The Morgan fingerprint density at radius 1 is 1.42 bits per heavy atom. The molecule has 6 heteroatoms. The van der Waals surface area contributed by atoms with E-state index >= 15 is 0 Å². The van der Waals surface area contributed by atoms with Crippen LogP contribution in [0.5, 0.6) is 0 Å². The van der Waals surface area contributed by atoms with E-state index in [0.717, 1.165) is 29.8 Å². The largest absolute Gasteiger partial charge is 0.381 e. The van der Waals surface area contributed by atoms with Gasteiger partial charge in [-0.05, 0) is 36.5 Å². The Morgan fingerprint density at radius 2 is 2.08 bits per heavy atom. The Bertz CT molecular complexity index is 534. The average molecular weight is 375 g/mol. The maximum absolute atomic E-state index is 12.3. The minimum Gasteiger partial charge on any atom is -0.381 e. The van der Waals surface area contributed by atoms with E-state index in [1.165, 1.54) is 0 Å². The van der Waals surface area contributed by atoms with Crippen LogP contribution in [0.4, 0.5) is 0 Å². The zero-order valence-corrected chi connectivity index (χ0v) is 16.0. The van der Waals surface area contributed by atoms with Crippen molar-refractivity contribution in [1.29, 1.82) is 0 Å². The summed E-state index contributed by atoms with van der Waals surface area (Å²) in [6.45, 7) is 6.01. The van der Waals surface area contributed by atoms with Crippen LogP contribution in [0.15, 0.2) is 24.3 Å². The van der Waals surface area contributed by atoms with Gasteiger partial charge in [0.1, 0.15) is 0 Å². The number of hydrogen-bond acceptors (Lipinski definition) is 3. The first kappa shape index (κ1) is 21.2. The Kier molecular flexibility index (Phi) is 8.51. The van der Waals surface area contributed by atoms with Gasteiger partial charge in [0.15, 0.2) is 0 Å². The second-order valence-electron chi connectivity index (χ2n) is 6.53. The van der Waals surface area contributed by atoms with Crippen LogP contribution in [0.1, 0.15) is 38.7 Å². The Balaban J connectivity index is 0.00000288. The lowest BCUT2D eigenvalue weighted by atomic mass is 9.74. The summed E-state index contributed by atoms with van der Waals surface area (Å²) in [5, 5.41) is 3.78. The summed E-state index contributed by atoms with van der Waals surface area (Å²) < 4.78 is 5.52. The SMILES string of the molecule is CCC(C)C(N)C(=O)NCC1(c2cccc(Cl)c2)CCOCC1.Cl. The van der Waals surface area contributed by atoms with Gasteiger partial charge in [-0.15, -0.1) is 12.4 Å². The van der Waals surface area contributed by atoms with Crippen molar-refractivity contribution in [2.24, 2.45) is 11.7 Å². The monoisotopic (exact) mass is 374 g/mol. The van der Waals surface area contributed by atoms with Gasteiger partial charge in [0.25, 0.3) is 0 Å². The van der Waals surface area contributed by atoms with Crippen LogP contribution < -0.4 is 11.1 Å². The van der Waals surface area contributed by atoms with Crippen LogP contribution >= 0.6 is 24.0 Å². The average Bonchev–Trinajstić information content (AvgIpc) is 2.59. The number of nitrogens with one attached hydrogen (secondary N) is 1. The van der Waals surface area contributed by atoms with Gasteiger partial charge in [0.2, 0.25) is 5.91 Å². The molecule has 0 radical (unpaired) electrons. The highest BCUT2D eigenvalue weighted by molar-refractivity contribution is 6.30. The minimum absolute atomic E-state index is 0. The van der Waals surface area contributed by atoms with Crippen molar-refractivity contribution in [3.8, 4) is 0 Å². The molecular formula is C18H28Cl2N2O2. The topological polar surface area (TPSA) is 64.4 Å². The van der Waals surface area contributed by atoms with Crippen LogP contribution in [0.25, 0.3) is 0 Å². The number of hydrogen-bond donors (Lipinski definition) is 2. The predicted octanol–water partition coefficient (Wildman–Crippen LogP) is 3.30. The minimum atomic E-state index is -0.462. The van der Waals surface area contributed by atoms with Crippen LogP contribution in [-0.2, 0) is 14.9 Å². The first-order valence-corrected chi connectivity index (χ1v) is 8.73. The van der Waals surface area contributed by atoms with Crippen molar-refractivity contribution in [3.05, 3.63) is 34.9 Å². The smallest absolute Gasteiger partial charge is 0.237 e. The molecule has 1 aromatic rings. The molecule has 2 unspecified atom stereocenters. The van der Waals surface area contributed by atoms with E-state index in [2.05, 4.69) is 11.4 Å². The summed E-state index contributed by atoms with van der Waals surface area (Å²) in [6.07, 6.45) is 2.63. The summed E-state index contributed by atoms with van der Waals surface area (Å²) in [7, 11) is 0. The van der Waals surface area contributed by atoms with Crippen molar-refractivity contribution in [2.75, 3.05) is 19.8 Å². The van der Waals surface area contributed by atoms with Crippen LogP contribution in [0.3, 0.4) is 0 Å². The summed E-state index contributed by atoms with van der Waals surface area (Å²) in [6, 6.07) is 7.44. The van der Waals surface area contributed by atoms with Gasteiger partial charge in [0, 0.05) is 30.2 Å². The summed E-state index contributed by atoms with van der Waals surface area (Å²) >= 11 is 6.16. The lowest BCUT2D eigenvalue weighted by Crippen LogP contribution is -2.50. The molecule has 0 aromatic heterocycles. The standard InChI is InChI=1S/C18H27ClN2O2.ClH/c1-3-13(2)16(20)17(22)21-12-18(7-9-23-10-8-18)14-5-4-6-15(19)11-14;/h4-6,11,13,16H,3,7-10,12,20H2,1-2H3,(H,21,22);1H. The quantitative estimate of drug-likeness (QED) is 0.802. The highest BCUT2D eigenvalue weighted by atomic mass is 35.5. The van der Waals surface area contributed by atoms with Gasteiger partial charge < -0.3 is 15.8 Å². The van der Waals surface area contributed by atoms with Crippen LogP contribution in [-0.4, -0.2) is 31.7 Å². The van der Waals surface area contributed by atoms with Crippen molar-refractivity contribution in [2.45, 2.75) is 44.6 Å². The third-order valence-electron chi connectivity index (χ3n) is 5.05. The molecule has 0 saturated carbocycles. The molecule has 0 aliphatic carbocycles. The molecule has 3 N–H and O–H groups in total. The van der Waals surface area contributed by atoms with Gasteiger partial charge in [-0.1, -0.05) is 44.0 Å². The third-order valence-corrected chi connectivity index (χ3v) is 5.28. The first-order chi connectivity index (χ1) is 11.0. The molecule has 1 heterocycles. The van der Waals surface area contributed by atoms with Crippen molar-refractivity contribution in [1.82, 2.24) is 5.32 Å². The zero-order valence-electron chi connectivity index (χ0n) is 14.4.